The summed E-state index contributed by atoms with van der Waals surface area (Å²) in [6.45, 7) is 0. The Morgan fingerprint density at radius 1 is 1.06 bits per heavy atom. The normalized spacial score (nSPS) is 10.2. The van der Waals surface area contributed by atoms with Gasteiger partial charge in [0, 0.05) is 6.07 Å². The first-order valence-electron chi connectivity index (χ1n) is 5.13. The molecule has 0 saturated carbocycles. The van der Waals surface area contributed by atoms with Crippen LogP contribution in [0.25, 0.3) is 0 Å². The molecule has 2 rings (SSSR count). The van der Waals surface area contributed by atoms with Crippen LogP contribution in [0.1, 0.15) is 11.1 Å². The van der Waals surface area contributed by atoms with E-state index in [2.05, 4.69) is 0 Å². The fraction of sp³-hybridized carbons (Fsp3) is 0.0769. The first-order chi connectivity index (χ1) is 8.16. The average Bonchev–Trinajstić information content (AvgIpc) is 2.30. The maximum atomic E-state index is 13.4. The highest BCUT2D eigenvalue weighted by atomic mass is 19.1. The summed E-state index contributed by atoms with van der Waals surface area (Å²) in [5, 5.41) is 10.5. The van der Waals surface area contributed by atoms with E-state index >= 15 is 0 Å². The third kappa shape index (κ3) is 2.66. The standard InChI is InChI=1S/C13H10FNO2/c14-12-9-11(6-7-13(12)15(16)17)8-10-4-2-1-3-5-10/h1-7,9H,8H2. The van der Waals surface area contributed by atoms with Gasteiger partial charge in [-0.3, -0.25) is 10.1 Å². The van der Waals surface area contributed by atoms with E-state index in [1.807, 2.05) is 30.3 Å². The van der Waals surface area contributed by atoms with Crippen LogP contribution in [-0.2, 0) is 6.42 Å². The molecule has 2 aromatic carbocycles. The van der Waals surface area contributed by atoms with Crippen molar-refractivity contribution >= 4 is 5.69 Å². The highest BCUT2D eigenvalue weighted by Gasteiger charge is 2.13. The monoisotopic (exact) mass is 231 g/mol. The summed E-state index contributed by atoms with van der Waals surface area (Å²) in [6.07, 6.45) is 0.565. The van der Waals surface area contributed by atoms with E-state index in [9.17, 15) is 14.5 Å². The summed E-state index contributed by atoms with van der Waals surface area (Å²) in [5.74, 6) is -0.788. The zero-order valence-corrected chi connectivity index (χ0v) is 8.97. The molecule has 0 aliphatic carbocycles. The highest BCUT2D eigenvalue weighted by Crippen LogP contribution is 2.19. The van der Waals surface area contributed by atoms with Gasteiger partial charge in [0.2, 0.25) is 5.82 Å². The van der Waals surface area contributed by atoms with Gasteiger partial charge in [0.15, 0.2) is 0 Å². The minimum Gasteiger partial charge on any atom is -0.258 e. The van der Waals surface area contributed by atoms with Crippen LogP contribution < -0.4 is 0 Å². The molecule has 4 heteroatoms. The molecule has 2 aromatic rings. The second-order valence-electron chi connectivity index (χ2n) is 3.71. The topological polar surface area (TPSA) is 43.1 Å². The lowest BCUT2D eigenvalue weighted by Crippen LogP contribution is -1.95. The number of rotatable bonds is 3. The lowest BCUT2D eigenvalue weighted by molar-refractivity contribution is -0.387. The fourth-order valence-electron chi connectivity index (χ4n) is 1.64. The van der Waals surface area contributed by atoms with Crippen molar-refractivity contribution in [2.75, 3.05) is 0 Å². The van der Waals surface area contributed by atoms with E-state index in [4.69, 9.17) is 0 Å². The number of hydrogen-bond acceptors (Lipinski definition) is 2. The molecule has 0 aliphatic rings. The molecule has 0 amide bonds. The number of nitro benzene ring substituents is 1. The maximum absolute atomic E-state index is 13.4. The molecule has 3 nitrogen and oxygen atoms in total. The molecule has 0 spiro atoms. The molecule has 0 fully saturated rings. The molecule has 0 saturated heterocycles. The summed E-state index contributed by atoms with van der Waals surface area (Å²) in [6, 6.07) is 13.6. The van der Waals surface area contributed by atoms with Gasteiger partial charge >= 0.3 is 5.69 Å². The van der Waals surface area contributed by atoms with Gasteiger partial charge in [-0.1, -0.05) is 36.4 Å². The Hall–Kier alpha value is -2.23. The zero-order valence-electron chi connectivity index (χ0n) is 8.97. The van der Waals surface area contributed by atoms with Crippen LogP contribution in [0.3, 0.4) is 0 Å². The second-order valence-corrected chi connectivity index (χ2v) is 3.71. The van der Waals surface area contributed by atoms with Crippen LogP contribution in [0.4, 0.5) is 10.1 Å². The quantitative estimate of drug-likeness (QED) is 0.600. The number of nitrogens with zero attached hydrogens (tertiary/aromatic N) is 1. The van der Waals surface area contributed by atoms with Crippen LogP contribution in [-0.4, -0.2) is 4.92 Å². The molecule has 0 aliphatic heterocycles. The number of nitro groups is 1. The maximum Gasteiger partial charge on any atom is 0.304 e. The van der Waals surface area contributed by atoms with Crippen LogP contribution in [0.2, 0.25) is 0 Å². The van der Waals surface area contributed by atoms with Crippen molar-refractivity contribution in [1.29, 1.82) is 0 Å². The van der Waals surface area contributed by atoms with Gasteiger partial charge in [0.05, 0.1) is 4.92 Å². The van der Waals surface area contributed by atoms with E-state index < -0.39 is 16.4 Å². The van der Waals surface area contributed by atoms with Gasteiger partial charge in [0.1, 0.15) is 0 Å². The Bertz CT molecular complexity index is 540. The Morgan fingerprint density at radius 2 is 1.76 bits per heavy atom. The average molecular weight is 231 g/mol. The van der Waals surface area contributed by atoms with E-state index in [1.54, 1.807) is 6.07 Å². The molecule has 17 heavy (non-hydrogen) atoms. The number of hydrogen-bond donors (Lipinski definition) is 0. The summed E-state index contributed by atoms with van der Waals surface area (Å²) in [5.41, 5.74) is 1.28. The second kappa shape index (κ2) is 4.74. The van der Waals surface area contributed by atoms with E-state index in [0.717, 1.165) is 11.1 Å². The molecule has 0 unspecified atom stereocenters. The first kappa shape index (κ1) is 11.3. The van der Waals surface area contributed by atoms with Gasteiger partial charge in [-0.05, 0) is 23.6 Å². The third-order valence-electron chi connectivity index (χ3n) is 2.46. The molecule has 0 atom stereocenters. The van der Waals surface area contributed by atoms with Gasteiger partial charge in [-0.25, -0.2) is 0 Å². The Morgan fingerprint density at radius 3 is 2.35 bits per heavy atom. The van der Waals surface area contributed by atoms with Gasteiger partial charge in [-0.2, -0.15) is 4.39 Å². The van der Waals surface area contributed by atoms with Crippen molar-refractivity contribution in [3.63, 3.8) is 0 Å². The van der Waals surface area contributed by atoms with E-state index in [1.165, 1.54) is 12.1 Å². The van der Waals surface area contributed by atoms with Crippen LogP contribution >= 0.6 is 0 Å². The van der Waals surface area contributed by atoms with Gasteiger partial charge < -0.3 is 0 Å². The van der Waals surface area contributed by atoms with Crippen LogP contribution in [0, 0.1) is 15.9 Å². The van der Waals surface area contributed by atoms with E-state index in [-0.39, 0.29) is 0 Å². The predicted molar refractivity (Wildman–Crippen MR) is 62.3 cm³/mol. The summed E-state index contributed by atoms with van der Waals surface area (Å²) in [4.78, 5) is 9.74. The molecular formula is C13H10FNO2. The van der Waals surface area contributed by atoms with Crippen LogP contribution in [0.5, 0.6) is 0 Å². The third-order valence-corrected chi connectivity index (χ3v) is 2.46. The Balaban J connectivity index is 2.24. The smallest absolute Gasteiger partial charge is 0.258 e. The SMILES string of the molecule is O=[N+]([O-])c1ccc(Cc2ccccc2)cc1F. The summed E-state index contributed by atoms with van der Waals surface area (Å²) >= 11 is 0. The predicted octanol–water partition coefficient (Wildman–Crippen LogP) is 3.32. The summed E-state index contributed by atoms with van der Waals surface area (Å²) < 4.78 is 13.4. The fourth-order valence-corrected chi connectivity index (χ4v) is 1.64. The molecule has 0 N–H and O–H groups in total. The zero-order chi connectivity index (χ0) is 12.3. The van der Waals surface area contributed by atoms with Crippen molar-refractivity contribution in [1.82, 2.24) is 0 Å². The lowest BCUT2D eigenvalue weighted by Gasteiger charge is -2.02. The molecular weight excluding hydrogens is 221 g/mol. The van der Waals surface area contributed by atoms with Gasteiger partial charge in [-0.15, -0.1) is 0 Å². The first-order valence-corrected chi connectivity index (χ1v) is 5.13. The van der Waals surface area contributed by atoms with Crippen molar-refractivity contribution < 1.29 is 9.31 Å². The Kier molecular flexibility index (Phi) is 3.14. The molecule has 0 heterocycles. The van der Waals surface area contributed by atoms with Crippen molar-refractivity contribution in [2.24, 2.45) is 0 Å². The Labute approximate surface area is 97.7 Å². The molecule has 86 valence electrons. The highest BCUT2D eigenvalue weighted by molar-refractivity contribution is 5.37. The molecule has 0 bridgehead atoms. The lowest BCUT2D eigenvalue weighted by atomic mass is 10.0. The molecule has 0 radical (unpaired) electrons. The van der Waals surface area contributed by atoms with Crippen molar-refractivity contribution in [2.45, 2.75) is 6.42 Å². The van der Waals surface area contributed by atoms with E-state index in [0.29, 0.717) is 6.42 Å². The minimum atomic E-state index is -0.788. The van der Waals surface area contributed by atoms with Crippen molar-refractivity contribution in [3.8, 4) is 0 Å². The number of halogens is 1. The summed E-state index contributed by atoms with van der Waals surface area (Å²) in [7, 11) is 0. The number of benzene rings is 2. The van der Waals surface area contributed by atoms with Gasteiger partial charge in [0.25, 0.3) is 0 Å². The van der Waals surface area contributed by atoms with Crippen LogP contribution in [0.15, 0.2) is 48.5 Å². The molecule has 0 aromatic heterocycles. The largest absolute Gasteiger partial charge is 0.304 e. The minimum absolute atomic E-state index is 0.484. The van der Waals surface area contributed by atoms with Crippen molar-refractivity contribution in [3.05, 3.63) is 75.6 Å².